The zero-order chi connectivity index (χ0) is 17.7. The first-order valence-corrected chi connectivity index (χ1v) is 8.76. The average Bonchev–Trinajstić information content (AvgIpc) is 3.16. The van der Waals surface area contributed by atoms with Crippen molar-refractivity contribution in [3.05, 3.63) is 24.0 Å². The Morgan fingerprint density at radius 1 is 1.35 bits per heavy atom. The Hall–Kier alpha value is -2.39. The third-order valence-electron chi connectivity index (χ3n) is 5.29. The molecule has 8 nitrogen and oxygen atoms in total. The first-order valence-electron chi connectivity index (χ1n) is 8.76. The molecule has 1 aromatic rings. The van der Waals surface area contributed by atoms with E-state index < -0.39 is 6.09 Å². The minimum Gasteiger partial charge on any atom is -0.442 e. The molecule has 1 amide bonds. The van der Waals surface area contributed by atoms with Crippen LogP contribution in [0.1, 0.15) is 0 Å². The van der Waals surface area contributed by atoms with E-state index in [1.807, 2.05) is 4.90 Å². The number of nitrogens with zero attached hydrogens (tertiary/aromatic N) is 4. The van der Waals surface area contributed by atoms with Crippen LogP contribution in [0.25, 0.3) is 0 Å². The van der Waals surface area contributed by atoms with Gasteiger partial charge in [-0.2, -0.15) is 5.10 Å². The second-order valence-electron chi connectivity index (χ2n) is 7.34. The molecule has 4 aliphatic heterocycles. The summed E-state index contributed by atoms with van der Waals surface area (Å²) in [5.41, 5.74) is 4.35. The van der Waals surface area contributed by atoms with Gasteiger partial charge < -0.3 is 14.4 Å². The van der Waals surface area contributed by atoms with E-state index in [2.05, 4.69) is 10.5 Å². The lowest BCUT2D eigenvalue weighted by Crippen LogP contribution is -2.66. The summed E-state index contributed by atoms with van der Waals surface area (Å²) in [5, 5.41) is 5.77. The molecule has 4 heterocycles. The van der Waals surface area contributed by atoms with Gasteiger partial charge in [-0.15, -0.1) is 0 Å². The SMILES string of the molecule is O=C1OC(CN2N=CCN2)CN1c1ccc(N2CC3(COC3)C2)c(F)c1. The van der Waals surface area contributed by atoms with Gasteiger partial charge in [-0.3, -0.25) is 4.90 Å². The van der Waals surface area contributed by atoms with Crippen molar-refractivity contribution in [2.45, 2.75) is 6.10 Å². The summed E-state index contributed by atoms with van der Waals surface area (Å²) in [6.07, 6.45) is 0.972. The van der Waals surface area contributed by atoms with Gasteiger partial charge in [-0.05, 0) is 18.2 Å². The number of nitrogens with one attached hydrogen (secondary N) is 1. The van der Waals surface area contributed by atoms with Crippen molar-refractivity contribution in [1.82, 2.24) is 10.5 Å². The number of benzene rings is 1. The fraction of sp³-hybridized carbons (Fsp3) is 0.529. The van der Waals surface area contributed by atoms with E-state index in [0.717, 1.165) is 26.3 Å². The smallest absolute Gasteiger partial charge is 0.414 e. The van der Waals surface area contributed by atoms with Crippen LogP contribution in [0.2, 0.25) is 0 Å². The molecule has 1 unspecified atom stereocenters. The van der Waals surface area contributed by atoms with Crippen LogP contribution in [0.4, 0.5) is 20.6 Å². The van der Waals surface area contributed by atoms with E-state index in [4.69, 9.17) is 9.47 Å². The summed E-state index contributed by atoms with van der Waals surface area (Å²) in [7, 11) is 0. The first-order chi connectivity index (χ1) is 12.6. The zero-order valence-corrected chi connectivity index (χ0v) is 14.2. The van der Waals surface area contributed by atoms with Crippen molar-refractivity contribution < 1.29 is 18.7 Å². The molecule has 3 fully saturated rings. The molecule has 26 heavy (non-hydrogen) atoms. The highest BCUT2D eigenvalue weighted by molar-refractivity contribution is 5.90. The summed E-state index contributed by atoms with van der Waals surface area (Å²) in [6.45, 7) is 4.66. The fourth-order valence-electron chi connectivity index (χ4n) is 3.89. The number of carbonyl (C=O) groups is 1. The van der Waals surface area contributed by atoms with E-state index in [-0.39, 0.29) is 17.3 Å². The Morgan fingerprint density at radius 2 is 2.19 bits per heavy atom. The van der Waals surface area contributed by atoms with E-state index in [9.17, 15) is 9.18 Å². The Bertz CT molecular complexity index is 761. The molecule has 0 aromatic heterocycles. The average molecular weight is 361 g/mol. The van der Waals surface area contributed by atoms with Crippen LogP contribution < -0.4 is 15.2 Å². The summed E-state index contributed by atoms with van der Waals surface area (Å²) in [5.74, 6) is -0.320. The summed E-state index contributed by atoms with van der Waals surface area (Å²) >= 11 is 0. The fourth-order valence-corrected chi connectivity index (χ4v) is 3.89. The second-order valence-corrected chi connectivity index (χ2v) is 7.34. The number of hydrazine groups is 1. The van der Waals surface area contributed by atoms with Crippen LogP contribution in [-0.2, 0) is 9.47 Å². The van der Waals surface area contributed by atoms with E-state index in [0.29, 0.717) is 31.0 Å². The van der Waals surface area contributed by atoms with Crippen molar-refractivity contribution in [2.75, 3.05) is 55.7 Å². The largest absolute Gasteiger partial charge is 0.442 e. The van der Waals surface area contributed by atoms with Gasteiger partial charge in [0.25, 0.3) is 0 Å². The number of ether oxygens (including phenoxy) is 2. The molecular formula is C17H20FN5O3. The third-order valence-corrected chi connectivity index (χ3v) is 5.29. The molecule has 0 saturated carbocycles. The molecule has 1 atom stereocenters. The maximum atomic E-state index is 14.6. The van der Waals surface area contributed by atoms with E-state index in [1.54, 1.807) is 23.5 Å². The molecule has 9 heteroatoms. The lowest BCUT2D eigenvalue weighted by molar-refractivity contribution is -0.127. The van der Waals surface area contributed by atoms with Crippen molar-refractivity contribution in [3.8, 4) is 0 Å². The number of cyclic esters (lactones) is 1. The highest BCUT2D eigenvalue weighted by Crippen LogP contribution is 2.41. The topological polar surface area (TPSA) is 69.6 Å². The van der Waals surface area contributed by atoms with Crippen LogP contribution in [-0.4, -0.2) is 69.5 Å². The highest BCUT2D eigenvalue weighted by Gasteiger charge is 2.49. The Labute approximate surface area is 150 Å². The van der Waals surface area contributed by atoms with Crippen LogP contribution in [0.3, 0.4) is 0 Å². The molecule has 1 spiro atoms. The van der Waals surface area contributed by atoms with Gasteiger partial charge in [0, 0.05) is 19.3 Å². The minimum absolute atomic E-state index is 0.225. The standard InChI is InChI=1S/C17H20FN5O3/c18-14-5-12(1-2-15(14)21-8-17(9-21)10-25-11-17)22-6-13(26-16(22)24)7-23-19-3-4-20-23/h1-3,5,13,20H,4,6-11H2. The van der Waals surface area contributed by atoms with Crippen LogP contribution >= 0.6 is 0 Å². The number of halogens is 1. The monoisotopic (exact) mass is 361 g/mol. The lowest BCUT2D eigenvalue weighted by Gasteiger charge is -2.56. The van der Waals surface area contributed by atoms with Crippen LogP contribution in [0, 0.1) is 11.2 Å². The number of amides is 1. The number of carbonyl (C=O) groups excluding carboxylic acids is 1. The predicted octanol–water partition coefficient (Wildman–Crippen LogP) is 0.793. The van der Waals surface area contributed by atoms with Crippen molar-refractivity contribution >= 4 is 23.7 Å². The van der Waals surface area contributed by atoms with Gasteiger partial charge in [0.1, 0.15) is 11.9 Å². The van der Waals surface area contributed by atoms with Gasteiger partial charge >= 0.3 is 6.09 Å². The first kappa shape index (κ1) is 15.8. The number of anilines is 2. The van der Waals surface area contributed by atoms with Crippen molar-refractivity contribution in [3.63, 3.8) is 0 Å². The highest BCUT2D eigenvalue weighted by atomic mass is 19.1. The van der Waals surface area contributed by atoms with E-state index in [1.165, 1.54) is 11.0 Å². The maximum absolute atomic E-state index is 14.6. The molecular weight excluding hydrogens is 341 g/mol. The van der Waals surface area contributed by atoms with E-state index >= 15 is 0 Å². The summed E-state index contributed by atoms with van der Waals surface area (Å²) < 4.78 is 25.2. The quantitative estimate of drug-likeness (QED) is 0.855. The number of hydrazone groups is 1. The van der Waals surface area contributed by atoms with Crippen LogP contribution in [0.15, 0.2) is 23.3 Å². The summed E-state index contributed by atoms with van der Waals surface area (Å²) in [6, 6.07) is 4.92. The summed E-state index contributed by atoms with van der Waals surface area (Å²) in [4.78, 5) is 15.7. The molecule has 1 aromatic carbocycles. The van der Waals surface area contributed by atoms with Gasteiger partial charge in [-0.25, -0.2) is 19.7 Å². The third kappa shape index (κ3) is 2.58. The molecule has 3 saturated heterocycles. The molecule has 0 bridgehead atoms. The Kier molecular flexibility index (Phi) is 3.54. The van der Waals surface area contributed by atoms with Gasteiger partial charge in [0.05, 0.1) is 49.6 Å². The number of rotatable bonds is 4. The Morgan fingerprint density at radius 3 is 2.85 bits per heavy atom. The zero-order valence-electron chi connectivity index (χ0n) is 14.2. The molecule has 4 aliphatic rings. The van der Waals surface area contributed by atoms with Gasteiger partial charge in [-0.1, -0.05) is 0 Å². The Balaban J connectivity index is 1.25. The predicted molar refractivity (Wildman–Crippen MR) is 92.7 cm³/mol. The van der Waals surface area contributed by atoms with Gasteiger partial charge in [0.15, 0.2) is 0 Å². The number of hydrogen-bond acceptors (Lipinski definition) is 7. The molecule has 0 radical (unpaired) electrons. The van der Waals surface area contributed by atoms with Gasteiger partial charge in [0.2, 0.25) is 0 Å². The molecule has 138 valence electrons. The maximum Gasteiger partial charge on any atom is 0.414 e. The number of hydrogen-bond donors (Lipinski definition) is 1. The van der Waals surface area contributed by atoms with Crippen molar-refractivity contribution in [1.29, 1.82) is 0 Å². The second kappa shape index (κ2) is 5.82. The lowest BCUT2D eigenvalue weighted by atomic mass is 9.78. The molecule has 1 N–H and O–H groups in total. The normalized spacial score (nSPS) is 26.3. The van der Waals surface area contributed by atoms with Crippen molar-refractivity contribution in [2.24, 2.45) is 10.5 Å². The molecule has 0 aliphatic carbocycles. The van der Waals surface area contributed by atoms with Crippen LogP contribution in [0.5, 0.6) is 0 Å². The minimum atomic E-state index is -0.458. The molecule has 5 rings (SSSR count).